The van der Waals surface area contributed by atoms with Gasteiger partial charge in [-0.1, -0.05) is 30.3 Å². The second kappa shape index (κ2) is 9.90. The summed E-state index contributed by atoms with van der Waals surface area (Å²) in [5, 5.41) is 5.67. The van der Waals surface area contributed by atoms with Crippen LogP contribution in [0.15, 0.2) is 30.3 Å². The number of amides is 1. The van der Waals surface area contributed by atoms with E-state index in [2.05, 4.69) is 10.6 Å². The fraction of sp³-hybridized carbons (Fsp3) is 0.467. The molecule has 0 aliphatic carbocycles. The van der Waals surface area contributed by atoms with Crippen molar-refractivity contribution < 1.29 is 19.1 Å². The molecule has 1 atom stereocenters. The van der Waals surface area contributed by atoms with E-state index in [1.54, 1.807) is 7.11 Å². The van der Waals surface area contributed by atoms with Crippen LogP contribution in [0.4, 0.5) is 0 Å². The second-order valence-corrected chi connectivity index (χ2v) is 4.46. The Bertz CT molecular complexity index is 437. The van der Waals surface area contributed by atoms with Gasteiger partial charge in [-0.3, -0.25) is 9.59 Å². The first-order valence-electron chi connectivity index (χ1n) is 6.78. The van der Waals surface area contributed by atoms with E-state index in [-0.39, 0.29) is 18.4 Å². The molecule has 1 rings (SSSR count). The molecule has 0 aliphatic rings. The van der Waals surface area contributed by atoms with Gasteiger partial charge in [-0.2, -0.15) is 0 Å². The van der Waals surface area contributed by atoms with Crippen LogP contribution in [0, 0.1) is 0 Å². The molecule has 6 heteroatoms. The van der Waals surface area contributed by atoms with Crippen LogP contribution in [-0.4, -0.2) is 52.3 Å². The summed E-state index contributed by atoms with van der Waals surface area (Å²) in [6.45, 7) is 1.43. The van der Waals surface area contributed by atoms with Crippen molar-refractivity contribution in [2.75, 3.05) is 40.5 Å². The lowest BCUT2D eigenvalue weighted by Gasteiger charge is -2.15. The van der Waals surface area contributed by atoms with Crippen molar-refractivity contribution in [3.63, 3.8) is 0 Å². The van der Waals surface area contributed by atoms with E-state index in [9.17, 15) is 9.59 Å². The molecule has 21 heavy (non-hydrogen) atoms. The molecule has 0 aliphatic heterocycles. The van der Waals surface area contributed by atoms with E-state index in [1.165, 1.54) is 7.11 Å². The van der Waals surface area contributed by atoms with Crippen molar-refractivity contribution >= 4 is 11.9 Å². The molecule has 0 bridgehead atoms. The number of methoxy groups -OCH3 is 2. The highest BCUT2D eigenvalue weighted by Gasteiger charge is 2.20. The minimum atomic E-state index is -0.428. The molecule has 1 amide bonds. The highest BCUT2D eigenvalue weighted by Crippen LogP contribution is 2.15. The summed E-state index contributed by atoms with van der Waals surface area (Å²) in [5.41, 5.74) is 0.858. The molecule has 0 saturated carbocycles. The minimum Gasteiger partial charge on any atom is -0.469 e. The fourth-order valence-corrected chi connectivity index (χ4v) is 1.85. The molecule has 0 fully saturated rings. The highest BCUT2D eigenvalue weighted by atomic mass is 16.5. The maximum absolute atomic E-state index is 11.8. The molecule has 116 valence electrons. The molecule has 1 aromatic carbocycles. The van der Waals surface area contributed by atoms with E-state index in [4.69, 9.17) is 9.47 Å². The van der Waals surface area contributed by atoms with Gasteiger partial charge in [0.15, 0.2) is 0 Å². The zero-order valence-electron chi connectivity index (χ0n) is 12.4. The zero-order valence-corrected chi connectivity index (χ0v) is 12.4. The van der Waals surface area contributed by atoms with Gasteiger partial charge in [0.25, 0.3) is 0 Å². The van der Waals surface area contributed by atoms with E-state index in [0.29, 0.717) is 19.7 Å². The molecule has 2 N–H and O–H groups in total. The number of esters is 1. The predicted octanol–water partition coefficient (Wildman–Crippen LogP) is 0.295. The Kier molecular flexibility index (Phi) is 8.08. The van der Waals surface area contributed by atoms with Crippen LogP contribution in [0.1, 0.15) is 11.5 Å². The number of carbonyl (C=O) groups excluding carboxylic acids is 2. The summed E-state index contributed by atoms with van der Waals surface area (Å²) in [6.07, 6.45) is 0. The third kappa shape index (κ3) is 6.37. The van der Waals surface area contributed by atoms with E-state index in [1.807, 2.05) is 30.3 Å². The van der Waals surface area contributed by atoms with Crippen LogP contribution in [0.25, 0.3) is 0 Å². The van der Waals surface area contributed by atoms with Gasteiger partial charge >= 0.3 is 5.97 Å². The van der Waals surface area contributed by atoms with Gasteiger partial charge in [-0.05, 0) is 5.56 Å². The van der Waals surface area contributed by atoms with Gasteiger partial charge in [-0.15, -0.1) is 0 Å². The molecule has 0 saturated heterocycles. The summed E-state index contributed by atoms with van der Waals surface area (Å²) >= 11 is 0. The molecule has 0 aromatic heterocycles. The maximum Gasteiger partial charge on any atom is 0.314 e. The van der Waals surface area contributed by atoms with Crippen molar-refractivity contribution in [1.29, 1.82) is 0 Å². The lowest BCUT2D eigenvalue weighted by Crippen LogP contribution is -2.38. The first-order valence-corrected chi connectivity index (χ1v) is 6.78. The number of nitrogens with one attached hydrogen (secondary N) is 2. The molecule has 6 nitrogen and oxygen atoms in total. The Labute approximate surface area is 124 Å². The second-order valence-electron chi connectivity index (χ2n) is 4.46. The molecule has 0 radical (unpaired) electrons. The van der Waals surface area contributed by atoms with Gasteiger partial charge in [0.1, 0.15) is 0 Å². The lowest BCUT2D eigenvalue weighted by atomic mass is 9.99. The minimum absolute atomic E-state index is 0.135. The molecule has 0 heterocycles. The van der Waals surface area contributed by atoms with Gasteiger partial charge in [0.2, 0.25) is 5.91 Å². The Morgan fingerprint density at radius 2 is 1.90 bits per heavy atom. The number of hydrogen-bond donors (Lipinski definition) is 2. The first-order chi connectivity index (χ1) is 10.2. The molecule has 1 unspecified atom stereocenters. The van der Waals surface area contributed by atoms with Crippen molar-refractivity contribution in [2.45, 2.75) is 5.92 Å². The summed E-state index contributed by atoms with van der Waals surface area (Å²) in [6, 6.07) is 9.34. The third-order valence-corrected chi connectivity index (χ3v) is 2.95. The first kappa shape index (κ1) is 17.1. The Morgan fingerprint density at radius 3 is 2.52 bits per heavy atom. The number of benzene rings is 1. The predicted molar refractivity (Wildman–Crippen MR) is 79.0 cm³/mol. The van der Waals surface area contributed by atoms with Crippen LogP contribution < -0.4 is 10.6 Å². The summed E-state index contributed by atoms with van der Waals surface area (Å²) in [7, 11) is 2.93. The number of ether oxygens (including phenoxy) is 2. The van der Waals surface area contributed by atoms with E-state index >= 15 is 0 Å². The molecular formula is C15H22N2O4. The Balaban J connectivity index is 2.44. The van der Waals surface area contributed by atoms with Crippen molar-refractivity contribution in [1.82, 2.24) is 10.6 Å². The zero-order chi connectivity index (χ0) is 15.5. The third-order valence-electron chi connectivity index (χ3n) is 2.95. The largest absolute Gasteiger partial charge is 0.469 e. The Hall–Kier alpha value is -1.92. The van der Waals surface area contributed by atoms with Gasteiger partial charge in [0.05, 0.1) is 26.2 Å². The standard InChI is InChI=1S/C15H22N2O4/c1-20-9-8-17-14(18)11-16-10-13(15(19)21-2)12-6-4-3-5-7-12/h3-7,13,16H,8-11H2,1-2H3,(H,17,18). The molecule has 0 spiro atoms. The van der Waals surface area contributed by atoms with Crippen molar-refractivity contribution in [3.05, 3.63) is 35.9 Å². The van der Waals surface area contributed by atoms with Gasteiger partial charge in [0, 0.05) is 20.2 Å². The quantitative estimate of drug-likeness (QED) is 0.506. The van der Waals surface area contributed by atoms with E-state index < -0.39 is 5.92 Å². The number of rotatable bonds is 9. The smallest absolute Gasteiger partial charge is 0.314 e. The topological polar surface area (TPSA) is 76.7 Å². The Morgan fingerprint density at radius 1 is 1.19 bits per heavy atom. The van der Waals surface area contributed by atoms with Crippen LogP contribution in [-0.2, 0) is 19.1 Å². The van der Waals surface area contributed by atoms with Gasteiger partial charge in [-0.25, -0.2) is 0 Å². The summed E-state index contributed by atoms with van der Waals surface area (Å²) in [5.74, 6) is -0.889. The normalized spacial score (nSPS) is 11.7. The molecular weight excluding hydrogens is 272 g/mol. The van der Waals surface area contributed by atoms with Crippen molar-refractivity contribution in [3.8, 4) is 0 Å². The summed E-state index contributed by atoms with van der Waals surface area (Å²) < 4.78 is 9.65. The average Bonchev–Trinajstić information content (AvgIpc) is 2.52. The van der Waals surface area contributed by atoms with Gasteiger partial charge < -0.3 is 20.1 Å². The number of hydrogen-bond acceptors (Lipinski definition) is 5. The summed E-state index contributed by atoms with van der Waals surface area (Å²) in [4.78, 5) is 23.3. The van der Waals surface area contributed by atoms with Crippen LogP contribution in [0.2, 0.25) is 0 Å². The van der Waals surface area contributed by atoms with E-state index in [0.717, 1.165) is 5.56 Å². The highest BCUT2D eigenvalue weighted by molar-refractivity contribution is 5.79. The number of carbonyl (C=O) groups is 2. The van der Waals surface area contributed by atoms with Crippen LogP contribution in [0.3, 0.4) is 0 Å². The van der Waals surface area contributed by atoms with Crippen LogP contribution >= 0.6 is 0 Å². The fourth-order valence-electron chi connectivity index (χ4n) is 1.85. The SMILES string of the molecule is COCCNC(=O)CNCC(C(=O)OC)c1ccccc1. The van der Waals surface area contributed by atoms with Crippen LogP contribution in [0.5, 0.6) is 0 Å². The maximum atomic E-state index is 11.8. The molecule has 1 aromatic rings. The van der Waals surface area contributed by atoms with Crippen molar-refractivity contribution in [2.24, 2.45) is 0 Å². The average molecular weight is 294 g/mol. The monoisotopic (exact) mass is 294 g/mol. The lowest BCUT2D eigenvalue weighted by molar-refractivity contribution is -0.142.